The monoisotopic (exact) mass is 280 g/mol. The van der Waals surface area contributed by atoms with Gasteiger partial charge in [0.05, 0.1) is 6.61 Å². The molecule has 0 aromatic rings. The van der Waals surface area contributed by atoms with Crippen LogP contribution in [0.15, 0.2) is 0 Å². The fraction of sp³-hybridized carbons (Fsp3) is 0.938. The van der Waals surface area contributed by atoms with Gasteiger partial charge >= 0.3 is 0 Å². The van der Waals surface area contributed by atoms with Crippen LogP contribution in [0.1, 0.15) is 38.5 Å². The van der Waals surface area contributed by atoms with E-state index in [4.69, 9.17) is 4.74 Å². The molecule has 20 heavy (non-hydrogen) atoms. The molecule has 0 unspecified atom stereocenters. The van der Waals surface area contributed by atoms with E-state index in [1.54, 1.807) is 0 Å². The Morgan fingerprint density at radius 3 is 2.20 bits per heavy atom. The zero-order chi connectivity index (χ0) is 14.2. The Morgan fingerprint density at radius 1 is 1.15 bits per heavy atom. The summed E-state index contributed by atoms with van der Waals surface area (Å²) in [6, 6.07) is 0. The molecule has 4 saturated carbocycles. The molecular formula is C16H28N2O2. The van der Waals surface area contributed by atoms with Crippen LogP contribution in [0.25, 0.3) is 0 Å². The lowest BCUT2D eigenvalue weighted by molar-refractivity contribution is -0.131. The fourth-order valence-corrected chi connectivity index (χ4v) is 5.01. The van der Waals surface area contributed by atoms with Crippen LogP contribution in [0.2, 0.25) is 0 Å². The average Bonchev–Trinajstić information content (AvgIpc) is 2.32. The highest BCUT2D eigenvalue weighted by Crippen LogP contribution is 2.55. The minimum Gasteiger partial charge on any atom is -0.370 e. The third kappa shape index (κ3) is 3.17. The Bertz CT molecular complexity index is 332. The average molecular weight is 280 g/mol. The van der Waals surface area contributed by atoms with Gasteiger partial charge in [-0.3, -0.25) is 4.79 Å². The van der Waals surface area contributed by atoms with Crippen molar-refractivity contribution >= 4 is 5.91 Å². The zero-order valence-corrected chi connectivity index (χ0v) is 12.9. The normalized spacial score (nSPS) is 38.5. The van der Waals surface area contributed by atoms with Crippen molar-refractivity contribution in [3.63, 3.8) is 0 Å². The van der Waals surface area contributed by atoms with Crippen LogP contribution in [0.3, 0.4) is 0 Å². The first-order valence-electron chi connectivity index (χ1n) is 8.08. The molecule has 1 N–H and O–H groups in total. The maximum absolute atomic E-state index is 12.1. The van der Waals surface area contributed by atoms with Gasteiger partial charge in [-0.1, -0.05) is 0 Å². The summed E-state index contributed by atoms with van der Waals surface area (Å²) in [6.07, 6.45) is 7.87. The molecule has 0 saturated heterocycles. The van der Waals surface area contributed by atoms with Crippen molar-refractivity contribution in [2.45, 2.75) is 44.1 Å². The van der Waals surface area contributed by atoms with Crippen LogP contribution in [0.4, 0.5) is 0 Å². The van der Waals surface area contributed by atoms with Gasteiger partial charge in [-0.05, 0) is 70.4 Å². The van der Waals surface area contributed by atoms with E-state index in [-0.39, 0.29) is 18.1 Å². The van der Waals surface area contributed by atoms with Crippen LogP contribution >= 0.6 is 0 Å². The maximum Gasteiger partial charge on any atom is 0.246 e. The number of hydrogen-bond donors (Lipinski definition) is 1. The van der Waals surface area contributed by atoms with E-state index in [0.29, 0.717) is 6.61 Å². The number of nitrogens with one attached hydrogen (secondary N) is 1. The van der Waals surface area contributed by atoms with Crippen molar-refractivity contribution in [2.75, 3.05) is 33.9 Å². The van der Waals surface area contributed by atoms with Crippen LogP contribution in [-0.4, -0.2) is 50.2 Å². The van der Waals surface area contributed by atoms with Gasteiger partial charge in [0.15, 0.2) is 0 Å². The third-order valence-electron chi connectivity index (χ3n) is 5.36. The van der Waals surface area contributed by atoms with Crippen LogP contribution < -0.4 is 5.32 Å². The van der Waals surface area contributed by atoms with E-state index in [1.165, 1.54) is 38.5 Å². The topological polar surface area (TPSA) is 41.6 Å². The molecule has 0 spiro atoms. The fourth-order valence-electron chi connectivity index (χ4n) is 5.01. The molecule has 0 aliphatic heterocycles. The Morgan fingerprint density at radius 2 is 1.70 bits per heavy atom. The van der Waals surface area contributed by atoms with Gasteiger partial charge in [0.2, 0.25) is 5.91 Å². The SMILES string of the molecule is CN(C)CCOCC(=O)NC12CC3CC(CC(C3)C1)C2. The molecular weight excluding hydrogens is 252 g/mol. The first-order valence-corrected chi connectivity index (χ1v) is 8.08. The zero-order valence-electron chi connectivity index (χ0n) is 12.9. The summed E-state index contributed by atoms with van der Waals surface area (Å²) >= 11 is 0. The van der Waals surface area contributed by atoms with E-state index < -0.39 is 0 Å². The number of nitrogens with zero attached hydrogens (tertiary/aromatic N) is 1. The molecule has 4 rings (SSSR count). The Labute approximate surface area is 122 Å². The van der Waals surface area contributed by atoms with E-state index in [0.717, 1.165) is 24.3 Å². The third-order valence-corrected chi connectivity index (χ3v) is 5.36. The highest BCUT2D eigenvalue weighted by atomic mass is 16.5. The molecule has 114 valence electrons. The van der Waals surface area contributed by atoms with Crippen molar-refractivity contribution in [1.29, 1.82) is 0 Å². The molecule has 4 heteroatoms. The highest BCUT2D eigenvalue weighted by molar-refractivity contribution is 5.78. The van der Waals surface area contributed by atoms with Gasteiger partial charge in [-0.2, -0.15) is 0 Å². The number of likely N-dealkylation sites (N-methyl/N-ethyl adjacent to an activating group) is 1. The van der Waals surface area contributed by atoms with Crippen LogP contribution in [0.5, 0.6) is 0 Å². The predicted molar refractivity (Wildman–Crippen MR) is 78.4 cm³/mol. The van der Waals surface area contributed by atoms with Crippen molar-refractivity contribution in [1.82, 2.24) is 10.2 Å². The number of carbonyl (C=O) groups is 1. The molecule has 0 aromatic carbocycles. The summed E-state index contributed by atoms with van der Waals surface area (Å²) in [7, 11) is 4.03. The second-order valence-electron chi connectivity index (χ2n) is 7.60. The second-order valence-corrected chi connectivity index (χ2v) is 7.60. The maximum atomic E-state index is 12.1. The first kappa shape index (κ1) is 14.3. The quantitative estimate of drug-likeness (QED) is 0.752. The lowest BCUT2D eigenvalue weighted by Crippen LogP contribution is -2.60. The summed E-state index contributed by atoms with van der Waals surface area (Å²) < 4.78 is 5.47. The molecule has 4 bridgehead atoms. The molecule has 0 radical (unpaired) electrons. The molecule has 4 fully saturated rings. The molecule has 4 aliphatic carbocycles. The summed E-state index contributed by atoms with van der Waals surface area (Å²) in [5.41, 5.74) is 0.122. The smallest absolute Gasteiger partial charge is 0.246 e. The lowest BCUT2D eigenvalue weighted by Gasteiger charge is -2.56. The number of ether oxygens (including phenoxy) is 1. The number of carbonyl (C=O) groups excluding carboxylic acids is 1. The lowest BCUT2D eigenvalue weighted by atomic mass is 9.53. The van der Waals surface area contributed by atoms with Gasteiger partial charge in [0, 0.05) is 12.1 Å². The van der Waals surface area contributed by atoms with Crippen molar-refractivity contribution in [3.8, 4) is 0 Å². The summed E-state index contributed by atoms with van der Waals surface area (Å²) in [6.45, 7) is 1.71. The Hall–Kier alpha value is -0.610. The highest BCUT2D eigenvalue weighted by Gasteiger charge is 2.51. The Balaban J connectivity index is 1.46. The standard InChI is InChI=1S/C16H28N2O2/c1-18(2)3-4-20-11-15(19)17-16-8-12-5-13(9-16)7-14(6-12)10-16/h12-14H,3-11H2,1-2H3,(H,17,19). The van der Waals surface area contributed by atoms with Gasteiger partial charge in [-0.15, -0.1) is 0 Å². The number of amides is 1. The van der Waals surface area contributed by atoms with E-state index >= 15 is 0 Å². The first-order chi connectivity index (χ1) is 9.55. The summed E-state index contributed by atoms with van der Waals surface area (Å²) in [5.74, 6) is 2.70. The summed E-state index contributed by atoms with van der Waals surface area (Å²) in [5, 5.41) is 3.34. The van der Waals surface area contributed by atoms with Gasteiger partial charge in [0.25, 0.3) is 0 Å². The largest absolute Gasteiger partial charge is 0.370 e. The molecule has 0 aromatic heterocycles. The Kier molecular flexibility index (Phi) is 4.04. The minimum atomic E-state index is 0.0886. The predicted octanol–water partition coefficient (Wildman–Crippen LogP) is 1.65. The van der Waals surface area contributed by atoms with Gasteiger partial charge in [0.1, 0.15) is 6.61 Å². The van der Waals surface area contributed by atoms with Gasteiger partial charge in [-0.25, -0.2) is 0 Å². The molecule has 4 nitrogen and oxygen atoms in total. The van der Waals surface area contributed by atoms with Crippen molar-refractivity contribution in [3.05, 3.63) is 0 Å². The molecule has 4 aliphatic rings. The number of rotatable bonds is 6. The van der Waals surface area contributed by atoms with Gasteiger partial charge < -0.3 is 15.0 Å². The van der Waals surface area contributed by atoms with Crippen LogP contribution in [0, 0.1) is 17.8 Å². The van der Waals surface area contributed by atoms with E-state index in [2.05, 4.69) is 10.2 Å². The minimum absolute atomic E-state index is 0.0886. The summed E-state index contributed by atoms with van der Waals surface area (Å²) in [4.78, 5) is 14.2. The molecule has 1 amide bonds. The second kappa shape index (κ2) is 5.64. The van der Waals surface area contributed by atoms with E-state index in [9.17, 15) is 4.79 Å². The molecule has 0 atom stereocenters. The van der Waals surface area contributed by atoms with E-state index in [1.807, 2.05) is 14.1 Å². The van der Waals surface area contributed by atoms with Crippen molar-refractivity contribution < 1.29 is 9.53 Å². The van der Waals surface area contributed by atoms with Crippen LogP contribution in [-0.2, 0) is 9.53 Å². The molecule has 0 heterocycles. The number of hydrogen-bond acceptors (Lipinski definition) is 3. The van der Waals surface area contributed by atoms with Crippen molar-refractivity contribution in [2.24, 2.45) is 17.8 Å².